The molecule has 1 N–H and O–H groups in total. The first-order chi connectivity index (χ1) is 13.3. The first-order valence-electron chi connectivity index (χ1n) is 10.00. The molecule has 1 fully saturated rings. The van der Waals surface area contributed by atoms with Gasteiger partial charge in [-0.15, -0.1) is 0 Å². The number of amides is 1. The summed E-state index contributed by atoms with van der Waals surface area (Å²) in [6, 6.07) is 4.13. The van der Waals surface area contributed by atoms with Crippen LogP contribution in [0.4, 0.5) is 0 Å². The maximum atomic E-state index is 12.2. The van der Waals surface area contributed by atoms with Crippen LogP contribution in [0.15, 0.2) is 29.0 Å². The Balaban J connectivity index is 1.42. The van der Waals surface area contributed by atoms with Gasteiger partial charge in [0.2, 0.25) is 17.6 Å². The molecule has 1 unspecified atom stereocenters. The number of nitrogens with one attached hydrogen (secondary N) is 1. The number of rotatable bonds is 9. The molecule has 1 aliphatic rings. The highest BCUT2D eigenvalue weighted by molar-refractivity contribution is 5.76. The summed E-state index contributed by atoms with van der Waals surface area (Å²) in [5.74, 6) is 1.06. The quantitative estimate of drug-likeness (QED) is 0.730. The van der Waals surface area contributed by atoms with Crippen molar-refractivity contribution in [3.63, 3.8) is 0 Å². The van der Waals surface area contributed by atoms with E-state index in [-0.39, 0.29) is 5.91 Å². The Bertz CT molecular complexity index is 703. The van der Waals surface area contributed by atoms with Crippen LogP contribution in [0.25, 0.3) is 11.4 Å². The molecule has 27 heavy (non-hydrogen) atoms. The van der Waals surface area contributed by atoms with Crippen LogP contribution in [0.3, 0.4) is 0 Å². The van der Waals surface area contributed by atoms with E-state index in [9.17, 15) is 4.79 Å². The molecule has 3 rings (SSSR count). The molecule has 146 valence electrons. The van der Waals surface area contributed by atoms with Gasteiger partial charge in [0.25, 0.3) is 0 Å². The number of pyridine rings is 1. The van der Waals surface area contributed by atoms with Crippen LogP contribution < -0.4 is 5.32 Å². The number of aromatic nitrogens is 3. The van der Waals surface area contributed by atoms with E-state index < -0.39 is 0 Å². The lowest BCUT2D eigenvalue weighted by Gasteiger charge is -2.35. The predicted octanol–water partition coefficient (Wildman–Crippen LogP) is 2.84. The summed E-state index contributed by atoms with van der Waals surface area (Å²) < 4.78 is 5.26. The SMILES string of the molecule is CCCCN1CCCCC1CNC(=O)CCc1nc(-c2ccncc2)no1. The van der Waals surface area contributed by atoms with E-state index in [0.29, 0.717) is 30.6 Å². The highest BCUT2D eigenvalue weighted by Crippen LogP contribution is 2.17. The minimum Gasteiger partial charge on any atom is -0.355 e. The van der Waals surface area contributed by atoms with Crippen LogP contribution in [0.2, 0.25) is 0 Å². The van der Waals surface area contributed by atoms with Crippen LogP contribution in [-0.2, 0) is 11.2 Å². The number of hydrogen-bond donors (Lipinski definition) is 1. The van der Waals surface area contributed by atoms with Crippen LogP contribution in [0.5, 0.6) is 0 Å². The molecule has 3 heterocycles. The zero-order chi connectivity index (χ0) is 18.9. The Kier molecular flexibility index (Phi) is 7.33. The second kappa shape index (κ2) is 10.2. The fourth-order valence-corrected chi connectivity index (χ4v) is 3.46. The lowest BCUT2D eigenvalue weighted by Crippen LogP contribution is -2.47. The van der Waals surface area contributed by atoms with E-state index in [4.69, 9.17) is 4.52 Å². The summed E-state index contributed by atoms with van der Waals surface area (Å²) in [6.45, 7) is 5.24. The van der Waals surface area contributed by atoms with E-state index in [1.807, 2.05) is 12.1 Å². The Hall–Kier alpha value is -2.28. The van der Waals surface area contributed by atoms with Crippen molar-refractivity contribution in [2.75, 3.05) is 19.6 Å². The average molecular weight is 371 g/mol. The van der Waals surface area contributed by atoms with E-state index in [2.05, 4.69) is 32.3 Å². The van der Waals surface area contributed by atoms with Crippen molar-refractivity contribution >= 4 is 5.91 Å². The Morgan fingerprint density at radius 3 is 3.00 bits per heavy atom. The molecule has 1 amide bonds. The minimum absolute atomic E-state index is 0.0414. The first-order valence-corrected chi connectivity index (χ1v) is 10.00. The molecular formula is C20H29N5O2. The molecule has 7 heteroatoms. The van der Waals surface area contributed by atoms with Crippen LogP contribution in [0, 0.1) is 0 Å². The molecule has 0 saturated carbocycles. The predicted molar refractivity (Wildman–Crippen MR) is 103 cm³/mol. The number of carbonyl (C=O) groups is 1. The third-order valence-corrected chi connectivity index (χ3v) is 5.06. The second-order valence-electron chi connectivity index (χ2n) is 7.09. The molecule has 1 aliphatic heterocycles. The van der Waals surface area contributed by atoms with Gasteiger partial charge in [-0.1, -0.05) is 24.9 Å². The van der Waals surface area contributed by atoms with Gasteiger partial charge in [0.1, 0.15) is 0 Å². The molecule has 1 atom stereocenters. The molecule has 0 radical (unpaired) electrons. The second-order valence-corrected chi connectivity index (χ2v) is 7.09. The van der Waals surface area contributed by atoms with Gasteiger partial charge < -0.3 is 9.84 Å². The van der Waals surface area contributed by atoms with Crippen molar-refractivity contribution in [2.24, 2.45) is 0 Å². The van der Waals surface area contributed by atoms with Gasteiger partial charge in [-0.05, 0) is 44.5 Å². The molecule has 7 nitrogen and oxygen atoms in total. The number of hydrogen-bond acceptors (Lipinski definition) is 6. The summed E-state index contributed by atoms with van der Waals surface area (Å²) in [7, 11) is 0. The lowest BCUT2D eigenvalue weighted by molar-refractivity contribution is -0.121. The van der Waals surface area contributed by atoms with E-state index in [0.717, 1.165) is 25.2 Å². The smallest absolute Gasteiger partial charge is 0.227 e. The summed E-state index contributed by atoms with van der Waals surface area (Å²) in [5.41, 5.74) is 0.855. The van der Waals surface area contributed by atoms with Crippen LogP contribution in [-0.4, -0.2) is 51.6 Å². The van der Waals surface area contributed by atoms with Crippen molar-refractivity contribution < 1.29 is 9.32 Å². The normalized spacial score (nSPS) is 17.7. The van der Waals surface area contributed by atoms with Crippen molar-refractivity contribution in [1.29, 1.82) is 0 Å². The molecule has 2 aromatic rings. The maximum Gasteiger partial charge on any atom is 0.227 e. The highest BCUT2D eigenvalue weighted by Gasteiger charge is 2.22. The van der Waals surface area contributed by atoms with Crippen molar-refractivity contribution in [3.05, 3.63) is 30.4 Å². The highest BCUT2D eigenvalue weighted by atomic mass is 16.5. The standard InChI is InChI=1S/C20H29N5O2/c1-2-3-13-25-14-5-4-6-17(25)15-22-18(26)7-8-19-23-20(24-27-19)16-9-11-21-12-10-16/h9-12,17H,2-8,13-15H2,1H3,(H,22,26). The minimum atomic E-state index is 0.0414. The zero-order valence-electron chi connectivity index (χ0n) is 16.1. The fourth-order valence-electron chi connectivity index (χ4n) is 3.46. The third-order valence-electron chi connectivity index (χ3n) is 5.06. The Morgan fingerprint density at radius 2 is 2.19 bits per heavy atom. The summed E-state index contributed by atoms with van der Waals surface area (Å²) in [6.07, 6.45) is 10.3. The van der Waals surface area contributed by atoms with Gasteiger partial charge in [-0.2, -0.15) is 4.98 Å². The number of likely N-dealkylation sites (tertiary alicyclic amines) is 1. The Labute approximate surface area is 160 Å². The number of unbranched alkanes of at least 4 members (excludes halogenated alkanes) is 1. The average Bonchev–Trinajstić information content (AvgIpc) is 3.19. The zero-order valence-corrected chi connectivity index (χ0v) is 16.1. The number of nitrogens with zero attached hydrogens (tertiary/aromatic N) is 4. The van der Waals surface area contributed by atoms with E-state index in [1.54, 1.807) is 12.4 Å². The topological polar surface area (TPSA) is 84.2 Å². The van der Waals surface area contributed by atoms with E-state index >= 15 is 0 Å². The van der Waals surface area contributed by atoms with Gasteiger partial charge in [0.15, 0.2) is 0 Å². The fraction of sp³-hybridized carbons (Fsp3) is 0.600. The molecule has 0 bridgehead atoms. The van der Waals surface area contributed by atoms with Crippen LogP contribution >= 0.6 is 0 Å². The molecular weight excluding hydrogens is 342 g/mol. The van der Waals surface area contributed by atoms with Crippen molar-refractivity contribution in [3.8, 4) is 11.4 Å². The van der Waals surface area contributed by atoms with Gasteiger partial charge in [0, 0.05) is 43.4 Å². The van der Waals surface area contributed by atoms with Crippen molar-refractivity contribution in [1.82, 2.24) is 25.3 Å². The number of carbonyl (C=O) groups excluding carboxylic acids is 1. The summed E-state index contributed by atoms with van der Waals surface area (Å²) >= 11 is 0. The Morgan fingerprint density at radius 1 is 1.33 bits per heavy atom. The first kappa shape index (κ1) is 19.5. The maximum absolute atomic E-state index is 12.2. The molecule has 2 aromatic heterocycles. The number of piperidine rings is 1. The van der Waals surface area contributed by atoms with Gasteiger partial charge >= 0.3 is 0 Å². The summed E-state index contributed by atoms with van der Waals surface area (Å²) in [4.78, 5) is 23.1. The van der Waals surface area contributed by atoms with Crippen LogP contribution in [0.1, 0.15) is 51.3 Å². The number of aryl methyl sites for hydroxylation is 1. The monoisotopic (exact) mass is 371 g/mol. The molecule has 0 aliphatic carbocycles. The molecule has 1 saturated heterocycles. The van der Waals surface area contributed by atoms with Gasteiger partial charge in [-0.3, -0.25) is 14.7 Å². The lowest BCUT2D eigenvalue weighted by atomic mass is 10.0. The van der Waals surface area contributed by atoms with Gasteiger partial charge in [0.05, 0.1) is 0 Å². The molecule has 0 spiro atoms. The van der Waals surface area contributed by atoms with E-state index in [1.165, 1.54) is 32.1 Å². The van der Waals surface area contributed by atoms with Crippen molar-refractivity contribution in [2.45, 2.75) is 57.9 Å². The third kappa shape index (κ3) is 5.85. The molecule has 0 aromatic carbocycles. The summed E-state index contributed by atoms with van der Waals surface area (Å²) in [5, 5.41) is 7.06. The van der Waals surface area contributed by atoms with Gasteiger partial charge in [-0.25, -0.2) is 0 Å². The largest absolute Gasteiger partial charge is 0.355 e.